The predicted octanol–water partition coefficient (Wildman–Crippen LogP) is 3.34. The first kappa shape index (κ1) is 15.9. The van der Waals surface area contributed by atoms with E-state index in [0.29, 0.717) is 0 Å². The van der Waals surface area contributed by atoms with Gasteiger partial charge in [0.05, 0.1) is 6.61 Å². The van der Waals surface area contributed by atoms with Crippen LogP contribution in [0.4, 0.5) is 39.5 Å². The number of epoxide rings is 1. The number of halogens is 9. The van der Waals surface area contributed by atoms with Crippen LogP contribution in [0.5, 0.6) is 0 Å². The third-order valence-corrected chi connectivity index (χ3v) is 2.00. The molecule has 0 bridgehead atoms. The fraction of sp³-hybridized carbons (Fsp3) is 0.750. The molecule has 1 saturated heterocycles. The smallest absolute Gasteiger partial charge is 0.460 e. The number of rotatable bonds is 5. The Bertz CT molecular complexity index is 369. The van der Waals surface area contributed by atoms with Crippen LogP contribution in [-0.2, 0) is 9.47 Å². The van der Waals surface area contributed by atoms with E-state index in [1.54, 1.807) is 0 Å². The van der Waals surface area contributed by atoms with Crippen molar-refractivity contribution < 1.29 is 49.0 Å². The lowest BCUT2D eigenvalue weighted by Gasteiger charge is -2.26. The highest BCUT2D eigenvalue weighted by Gasteiger charge is 2.76. The van der Waals surface area contributed by atoms with Gasteiger partial charge in [0.25, 0.3) is 0 Å². The molecule has 112 valence electrons. The van der Waals surface area contributed by atoms with Crippen molar-refractivity contribution in [2.45, 2.75) is 24.1 Å². The summed E-state index contributed by atoms with van der Waals surface area (Å²) in [5.74, 6) is -16.8. The Hall–Kier alpha value is -1.13. The van der Waals surface area contributed by atoms with E-state index in [0.717, 1.165) is 0 Å². The van der Waals surface area contributed by atoms with Crippen LogP contribution < -0.4 is 0 Å². The van der Waals surface area contributed by atoms with Gasteiger partial charge in [-0.25, -0.2) is 0 Å². The second-order valence-corrected chi connectivity index (χ2v) is 3.50. The zero-order chi connectivity index (χ0) is 15.1. The van der Waals surface area contributed by atoms with Gasteiger partial charge in [-0.05, 0) is 0 Å². The highest BCUT2D eigenvalue weighted by molar-refractivity contribution is 5.13. The van der Waals surface area contributed by atoms with Crippen molar-refractivity contribution in [1.82, 2.24) is 0 Å². The molecule has 1 aliphatic rings. The van der Waals surface area contributed by atoms with Crippen LogP contribution in [0.3, 0.4) is 0 Å². The largest absolute Gasteiger partial charge is 0.466 e. The zero-order valence-electron chi connectivity index (χ0n) is 8.71. The minimum absolute atomic E-state index is 0.0456. The maximum absolute atomic E-state index is 12.7. The minimum Gasteiger partial charge on any atom is -0.466 e. The van der Waals surface area contributed by atoms with Crippen molar-refractivity contribution in [1.29, 1.82) is 0 Å². The van der Waals surface area contributed by atoms with Crippen LogP contribution in [0, 0.1) is 0 Å². The first-order valence-electron chi connectivity index (χ1n) is 4.53. The average Bonchev–Trinajstić information content (AvgIpc) is 3.06. The Balaban J connectivity index is 2.92. The van der Waals surface area contributed by atoms with E-state index >= 15 is 0 Å². The third-order valence-electron chi connectivity index (χ3n) is 2.00. The van der Waals surface area contributed by atoms with Crippen LogP contribution in [-0.4, -0.2) is 37.3 Å². The molecule has 1 unspecified atom stereocenters. The van der Waals surface area contributed by atoms with Crippen LogP contribution in [0.25, 0.3) is 0 Å². The number of ether oxygens (including phenoxy) is 2. The molecule has 0 saturated carbocycles. The van der Waals surface area contributed by atoms with Crippen LogP contribution in [0.15, 0.2) is 11.8 Å². The summed E-state index contributed by atoms with van der Waals surface area (Å²) in [7, 11) is 0. The van der Waals surface area contributed by atoms with Crippen molar-refractivity contribution in [2.24, 2.45) is 0 Å². The first-order chi connectivity index (χ1) is 8.41. The Morgan fingerprint density at radius 3 is 1.89 bits per heavy atom. The van der Waals surface area contributed by atoms with Gasteiger partial charge in [0.1, 0.15) is 12.7 Å². The van der Waals surface area contributed by atoms with E-state index in [1.807, 2.05) is 0 Å². The molecule has 1 fully saturated rings. The van der Waals surface area contributed by atoms with Gasteiger partial charge in [0.2, 0.25) is 5.83 Å². The summed E-state index contributed by atoms with van der Waals surface area (Å²) in [4.78, 5) is 0. The van der Waals surface area contributed by atoms with Gasteiger partial charge in [-0.15, -0.1) is 0 Å². The Morgan fingerprint density at radius 2 is 1.53 bits per heavy atom. The molecule has 0 aromatic rings. The molecule has 11 heteroatoms. The van der Waals surface area contributed by atoms with Crippen molar-refractivity contribution in [3.63, 3.8) is 0 Å². The van der Waals surface area contributed by atoms with E-state index in [-0.39, 0.29) is 6.61 Å². The molecule has 0 aromatic carbocycles. The molecular weight excluding hydrogens is 299 g/mol. The summed E-state index contributed by atoms with van der Waals surface area (Å²) >= 11 is 0. The Kier molecular flexibility index (Phi) is 3.99. The molecule has 0 spiro atoms. The number of hydrogen-bond donors (Lipinski definition) is 0. The second-order valence-electron chi connectivity index (χ2n) is 3.50. The first-order valence-corrected chi connectivity index (χ1v) is 4.53. The van der Waals surface area contributed by atoms with E-state index in [2.05, 4.69) is 9.47 Å². The summed E-state index contributed by atoms with van der Waals surface area (Å²) in [5.41, 5.74) is 0. The standard InChI is InChI=1S/C8H5F9O2/c9-4(5(10)19-2-3-1-18-3)6(11,12)7(13,14)8(15,16)17/h3H,1-2H2. The van der Waals surface area contributed by atoms with Crippen LogP contribution in [0.1, 0.15) is 0 Å². The molecule has 1 atom stereocenters. The van der Waals surface area contributed by atoms with Crippen molar-refractivity contribution in [3.8, 4) is 0 Å². The highest BCUT2D eigenvalue weighted by atomic mass is 19.4. The predicted molar refractivity (Wildman–Crippen MR) is 40.9 cm³/mol. The molecule has 1 rings (SSSR count). The molecule has 0 N–H and O–H groups in total. The normalized spacial score (nSPS) is 22.1. The topological polar surface area (TPSA) is 21.8 Å². The molecule has 19 heavy (non-hydrogen) atoms. The molecule has 0 aliphatic carbocycles. The van der Waals surface area contributed by atoms with Gasteiger partial charge >= 0.3 is 24.0 Å². The van der Waals surface area contributed by atoms with Gasteiger partial charge in [-0.2, -0.15) is 39.5 Å². The lowest BCUT2D eigenvalue weighted by Crippen LogP contribution is -2.52. The fourth-order valence-corrected chi connectivity index (χ4v) is 0.833. The number of allylic oxidation sites excluding steroid dienone is 1. The summed E-state index contributed by atoms with van der Waals surface area (Å²) in [6.45, 7) is -0.739. The summed E-state index contributed by atoms with van der Waals surface area (Å²) in [6, 6.07) is -2.84. The van der Waals surface area contributed by atoms with Gasteiger partial charge in [-0.1, -0.05) is 0 Å². The van der Waals surface area contributed by atoms with Crippen LogP contribution in [0.2, 0.25) is 0 Å². The lowest BCUT2D eigenvalue weighted by molar-refractivity contribution is -0.348. The summed E-state index contributed by atoms with van der Waals surface area (Å²) in [6.07, 6.45) is -7.50. The highest BCUT2D eigenvalue weighted by Crippen LogP contribution is 2.50. The maximum atomic E-state index is 12.7. The fourth-order valence-electron chi connectivity index (χ4n) is 0.833. The van der Waals surface area contributed by atoms with E-state index in [9.17, 15) is 39.5 Å². The molecule has 2 nitrogen and oxygen atoms in total. The summed E-state index contributed by atoms with van der Waals surface area (Å²) in [5, 5.41) is 0. The average molecular weight is 304 g/mol. The number of alkyl halides is 7. The van der Waals surface area contributed by atoms with E-state index < -0.39 is 42.6 Å². The SMILES string of the molecule is FC(OCC1CO1)=C(F)C(F)(F)C(F)(F)C(F)(F)F. The molecule has 1 heterocycles. The van der Waals surface area contributed by atoms with Gasteiger partial charge in [-0.3, -0.25) is 0 Å². The molecule has 0 amide bonds. The second kappa shape index (κ2) is 4.76. The van der Waals surface area contributed by atoms with Crippen molar-refractivity contribution in [3.05, 3.63) is 11.8 Å². The zero-order valence-corrected chi connectivity index (χ0v) is 8.71. The van der Waals surface area contributed by atoms with Gasteiger partial charge < -0.3 is 9.47 Å². The quantitative estimate of drug-likeness (QED) is 0.441. The van der Waals surface area contributed by atoms with Crippen molar-refractivity contribution in [2.75, 3.05) is 13.2 Å². The lowest BCUT2D eigenvalue weighted by atomic mass is 10.1. The maximum Gasteiger partial charge on any atom is 0.460 e. The summed E-state index contributed by atoms with van der Waals surface area (Å²) < 4.78 is 118. The minimum atomic E-state index is -6.78. The molecule has 0 aromatic heterocycles. The van der Waals surface area contributed by atoms with E-state index in [4.69, 9.17) is 0 Å². The van der Waals surface area contributed by atoms with Gasteiger partial charge in [0.15, 0.2) is 0 Å². The Morgan fingerprint density at radius 1 is 1.05 bits per heavy atom. The monoisotopic (exact) mass is 304 g/mol. The van der Waals surface area contributed by atoms with E-state index in [1.165, 1.54) is 0 Å². The molecule has 0 radical (unpaired) electrons. The van der Waals surface area contributed by atoms with Gasteiger partial charge in [0, 0.05) is 0 Å². The Labute approximate surface area is 99.3 Å². The third kappa shape index (κ3) is 3.07. The number of hydrogen-bond acceptors (Lipinski definition) is 2. The van der Waals surface area contributed by atoms with Crippen molar-refractivity contribution >= 4 is 0 Å². The molecular formula is C8H5F9O2. The molecule has 1 aliphatic heterocycles. The van der Waals surface area contributed by atoms with Crippen LogP contribution >= 0.6 is 0 Å².